The fourth-order valence-electron chi connectivity index (χ4n) is 1.84. The number of benzene rings is 1. The highest BCUT2D eigenvalue weighted by Gasteiger charge is 2.12. The van der Waals surface area contributed by atoms with Crippen molar-refractivity contribution in [2.45, 2.75) is 19.9 Å². The van der Waals surface area contributed by atoms with Crippen LogP contribution in [0.3, 0.4) is 0 Å². The number of nitrogens with zero attached hydrogens (tertiary/aromatic N) is 2. The Bertz CT molecular complexity index is 566. The summed E-state index contributed by atoms with van der Waals surface area (Å²) in [7, 11) is 1.78. The smallest absolute Gasteiger partial charge is 0.295 e. The van der Waals surface area contributed by atoms with Crippen molar-refractivity contribution in [3.63, 3.8) is 0 Å². The lowest BCUT2D eigenvalue weighted by Gasteiger charge is -2.06. The van der Waals surface area contributed by atoms with E-state index in [0.29, 0.717) is 5.02 Å². The molecule has 0 saturated carbocycles. The van der Waals surface area contributed by atoms with Crippen LogP contribution in [0.2, 0.25) is 5.02 Å². The quantitative estimate of drug-likeness (QED) is 0.732. The molecule has 0 unspecified atom stereocenters. The SMILES string of the molecule is CC(C)n1c(=O)n(C)c2ccc(Cl)cc21. The summed E-state index contributed by atoms with van der Waals surface area (Å²) in [6.45, 7) is 3.98. The molecular weight excluding hydrogens is 212 g/mol. The summed E-state index contributed by atoms with van der Waals surface area (Å²) < 4.78 is 3.40. The summed E-state index contributed by atoms with van der Waals surface area (Å²) in [6.07, 6.45) is 0. The summed E-state index contributed by atoms with van der Waals surface area (Å²) in [5.41, 5.74) is 1.81. The highest BCUT2D eigenvalue weighted by molar-refractivity contribution is 6.31. The Kier molecular flexibility index (Phi) is 2.35. The van der Waals surface area contributed by atoms with E-state index < -0.39 is 0 Å². The Hall–Kier alpha value is -1.22. The van der Waals surface area contributed by atoms with Gasteiger partial charge in [0.25, 0.3) is 0 Å². The second kappa shape index (κ2) is 3.42. The third-order valence-electron chi connectivity index (χ3n) is 2.57. The average molecular weight is 225 g/mol. The maximum atomic E-state index is 11.9. The molecule has 0 N–H and O–H groups in total. The minimum absolute atomic E-state index is 0.00210. The fourth-order valence-corrected chi connectivity index (χ4v) is 2.01. The monoisotopic (exact) mass is 224 g/mol. The van der Waals surface area contributed by atoms with Crippen LogP contribution < -0.4 is 5.69 Å². The molecule has 0 atom stereocenters. The number of rotatable bonds is 1. The van der Waals surface area contributed by atoms with Crippen LogP contribution in [0.15, 0.2) is 23.0 Å². The molecule has 1 aromatic carbocycles. The summed E-state index contributed by atoms with van der Waals surface area (Å²) in [6, 6.07) is 5.64. The Morgan fingerprint density at radius 2 is 1.93 bits per heavy atom. The van der Waals surface area contributed by atoms with Gasteiger partial charge in [-0.1, -0.05) is 11.6 Å². The van der Waals surface area contributed by atoms with Crippen LogP contribution in [0.5, 0.6) is 0 Å². The number of halogens is 1. The van der Waals surface area contributed by atoms with Gasteiger partial charge in [0.1, 0.15) is 0 Å². The van der Waals surface area contributed by atoms with E-state index in [1.165, 1.54) is 0 Å². The molecule has 80 valence electrons. The molecule has 0 fully saturated rings. The largest absolute Gasteiger partial charge is 0.329 e. The van der Waals surface area contributed by atoms with Crippen molar-refractivity contribution >= 4 is 22.6 Å². The van der Waals surface area contributed by atoms with Crippen LogP contribution >= 0.6 is 11.6 Å². The summed E-state index contributed by atoms with van der Waals surface area (Å²) in [4.78, 5) is 11.9. The minimum atomic E-state index is 0.00210. The Labute approximate surface area is 92.9 Å². The normalized spacial score (nSPS) is 11.5. The van der Waals surface area contributed by atoms with Gasteiger partial charge >= 0.3 is 5.69 Å². The highest BCUT2D eigenvalue weighted by Crippen LogP contribution is 2.20. The van der Waals surface area contributed by atoms with Gasteiger partial charge in [-0.3, -0.25) is 9.13 Å². The van der Waals surface area contributed by atoms with Crippen LogP contribution in [0.1, 0.15) is 19.9 Å². The maximum absolute atomic E-state index is 11.9. The predicted molar refractivity (Wildman–Crippen MR) is 62.6 cm³/mol. The molecule has 1 heterocycles. The molecule has 2 rings (SSSR count). The summed E-state index contributed by atoms with van der Waals surface area (Å²) in [5, 5.41) is 0.655. The molecule has 0 aliphatic heterocycles. The number of imidazole rings is 1. The number of hydrogen-bond acceptors (Lipinski definition) is 1. The Morgan fingerprint density at radius 1 is 1.27 bits per heavy atom. The van der Waals surface area contributed by atoms with Gasteiger partial charge < -0.3 is 0 Å². The number of fused-ring (bicyclic) bond motifs is 1. The number of aromatic nitrogens is 2. The van der Waals surface area contributed by atoms with E-state index in [9.17, 15) is 4.79 Å². The molecule has 3 nitrogen and oxygen atoms in total. The van der Waals surface area contributed by atoms with Gasteiger partial charge in [-0.25, -0.2) is 4.79 Å². The van der Waals surface area contributed by atoms with Crippen LogP contribution in [0, 0.1) is 0 Å². The third-order valence-corrected chi connectivity index (χ3v) is 2.80. The van der Waals surface area contributed by atoms with E-state index in [1.54, 1.807) is 22.2 Å². The zero-order valence-electron chi connectivity index (χ0n) is 8.99. The van der Waals surface area contributed by atoms with Gasteiger partial charge in [0, 0.05) is 18.1 Å². The van der Waals surface area contributed by atoms with Crippen LogP contribution in [0.4, 0.5) is 0 Å². The first kappa shape index (κ1) is 10.3. The van der Waals surface area contributed by atoms with E-state index in [0.717, 1.165) is 11.0 Å². The zero-order chi connectivity index (χ0) is 11.2. The third kappa shape index (κ3) is 1.47. The van der Waals surface area contributed by atoms with Crippen LogP contribution in [-0.4, -0.2) is 9.13 Å². The molecule has 1 aromatic heterocycles. The maximum Gasteiger partial charge on any atom is 0.329 e. The van der Waals surface area contributed by atoms with Gasteiger partial charge in [0.05, 0.1) is 11.0 Å². The van der Waals surface area contributed by atoms with Crippen molar-refractivity contribution < 1.29 is 0 Å². The second-order valence-corrected chi connectivity index (χ2v) is 4.37. The molecule has 0 bridgehead atoms. The molecular formula is C11H13ClN2O. The molecule has 0 aliphatic rings. The van der Waals surface area contributed by atoms with E-state index in [2.05, 4.69) is 0 Å². The highest BCUT2D eigenvalue weighted by atomic mass is 35.5. The number of hydrogen-bond donors (Lipinski definition) is 0. The standard InChI is InChI=1S/C11H13ClN2O/c1-7(2)14-10-6-8(12)4-5-9(10)13(3)11(14)15/h4-7H,1-3H3. The van der Waals surface area contributed by atoms with Crippen LogP contribution in [0.25, 0.3) is 11.0 Å². The van der Waals surface area contributed by atoms with Gasteiger partial charge in [-0.05, 0) is 32.0 Å². The summed E-state index contributed by atoms with van der Waals surface area (Å²) >= 11 is 5.93. The molecule has 0 amide bonds. The van der Waals surface area contributed by atoms with Crippen LogP contribution in [-0.2, 0) is 7.05 Å². The van der Waals surface area contributed by atoms with Gasteiger partial charge in [0.2, 0.25) is 0 Å². The molecule has 0 saturated heterocycles. The van der Waals surface area contributed by atoms with Gasteiger partial charge in [0.15, 0.2) is 0 Å². The number of aryl methyl sites for hydroxylation is 1. The first-order chi connectivity index (χ1) is 7.02. The molecule has 15 heavy (non-hydrogen) atoms. The van der Waals surface area contributed by atoms with Crippen molar-refractivity contribution in [3.05, 3.63) is 33.7 Å². The molecule has 0 aliphatic carbocycles. The topological polar surface area (TPSA) is 26.9 Å². The second-order valence-electron chi connectivity index (χ2n) is 3.94. The van der Waals surface area contributed by atoms with Gasteiger partial charge in [-0.2, -0.15) is 0 Å². The lowest BCUT2D eigenvalue weighted by Crippen LogP contribution is -2.23. The first-order valence-electron chi connectivity index (χ1n) is 4.89. The van der Waals surface area contributed by atoms with Gasteiger partial charge in [-0.15, -0.1) is 0 Å². The average Bonchev–Trinajstić information content (AvgIpc) is 2.39. The van der Waals surface area contributed by atoms with E-state index >= 15 is 0 Å². The lowest BCUT2D eigenvalue weighted by atomic mass is 10.3. The molecule has 0 spiro atoms. The Morgan fingerprint density at radius 3 is 2.53 bits per heavy atom. The van der Waals surface area contributed by atoms with E-state index in [-0.39, 0.29) is 11.7 Å². The van der Waals surface area contributed by atoms with E-state index in [1.807, 2.05) is 26.0 Å². The van der Waals surface area contributed by atoms with Crippen molar-refractivity contribution in [1.29, 1.82) is 0 Å². The first-order valence-corrected chi connectivity index (χ1v) is 5.26. The minimum Gasteiger partial charge on any atom is -0.295 e. The Balaban J connectivity index is 2.95. The fraction of sp³-hybridized carbons (Fsp3) is 0.364. The molecule has 2 aromatic rings. The van der Waals surface area contributed by atoms with Crippen molar-refractivity contribution in [3.8, 4) is 0 Å². The van der Waals surface area contributed by atoms with Crippen molar-refractivity contribution in [2.75, 3.05) is 0 Å². The molecule has 0 radical (unpaired) electrons. The van der Waals surface area contributed by atoms with Crippen molar-refractivity contribution in [1.82, 2.24) is 9.13 Å². The molecule has 4 heteroatoms. The zero-order valence-corrected chi connectivity index (χ0v) is 9.75. The van der Waals surface area contributed by atoms with E-state index in [4.69, 9.17) is 11.6 Å². The summed E-state index contributed by atoms with van der Waals surface area (Å²) in [5.74, 6) is 0. The predicted octanol–water partition coefficient (Wildman–Crippen LogP) is 2.57. The lowest BCUT2D eigenvalue weighted by molar-refractivity contribution is 0.583. The van der Waals surface area contributed by atoms with Crippen molar-refractivity contribution in [2.24, 2.45) is 7.05 Å².